The number of aliphatic hydroxyl groups is 1. The predicted octanol–water partition coefficient (Wildman–Crippen LogP) is 5.01. The third kappa shape index (κ3) is 6.75. The fraction of sp³-hybridized carbons (Fsp3) is 0.387. The number of amides is 3. The first-order valence-corrected chi connectivity index (χ1v) is 13.3. The van der Waals surface area contributed by atoms with Gasteiger partial charge in [0.05, 0.1) is 6.61 Å². The van der Waals surface area contributed by atoms with Crippen molar-refractivity contribution < 1.29 is 24.2 Å². The standard InChI is InChI=1S/C31H37N3O5/c1-19-9-8-12-25(20(19)2)27(28(36)32-23-14-13-21-10-6-7-11-22(21)17-23)34(24-15-16-24)29(37)26(18-35)33-30(38)39-31(3,4)5/h6-14,17,24,26-27,35H,15-16,18H2,1-5H3,(H,32,36)(H,33,38). The number of anilines is 1. The number of carbonyl (C=O) groups excluding carboxylic acids is 3. The second-order valence-electron chi connectivity index (χ2n) is 11.1. The number of hydrogen-bond acceptors (Lipinski definition) is 5. The lowest BCUT2D eigenvalue weighted by molar-refractivity contribution is -0.142. The lowest BCUT2D eigenvalue weighted by atomic mass is 9.94. The Morgan fingerprint density at radius 3 is 2.33 bits per heavy atom. The number of aryl methyl sites for hydroxylation is 1. The highest BCUT2D eigenvalue weighted by Gasteiger charge is 2.44. The van der Waals surface area contributed by atoms with Gasteiger partial charge in [-0.1, -0.05) is 48.5 Å². The van der Waals surface area contributed by atoms with Crippen molar-refractivity contribution in [2.75, 3.05) is 11.9 Å². The molecule has 3 aromatic rings. The number of nitrogens with one attached hydrogen (secondary N) is 2. The fourth-order valence-corrected chi connectivity index (χ4v) is 4.65. The molecule has 8 heteroatoms. The van der Waals surface area contributed by atoms with E-state index >= 15 is 0 Å². The Hall–Kier alpha value is -3.91. The Morgan fingerprint density at radius 1 is 1.00 bits per heavy atom. The molecule has 3 aromatic carbocycles. The van der Waals surface area contributed by atoms with E-state index in [0.29, 0.717) is 11.3 Å². The van der Waals surface area contributed by atoms with Gasteiger partial charge in [-0.3, -0.25) is 9.59 Å². The summed E-state index contributed by atoms with van der Waals surface area (Å²) in [5.74, 6) is -0.904. The molecule has 1 fully saturated rings. The maximum Gasteiger partial charge on any atom is 0.408 e. The Kier molecular flexibility index (Phi) is 8.25. The van der Waals surface area contributed by atoms with E-state index in [0.717, 1.165) is 34.7 Å². The van der Waals surface area contributed by atoms with Crippen LogP contribution in [0.15, 0.2) is 60.7 Å². The van der Waals surface area contributed by atoms with Gasteiger partial charge in [0, 0.05) is 11.7 Å². The molecule has 2 unspecified atom stereocenters. The molecule has 0 spiro atoms. The molecule has 1 saturated carbocycles. The summed E-state index contributed by atoms with van der Waals surface area (Å²) in [7, 11) is 0. The molecule has 1 aliphatic carbocycles. The normalized spacial score (nSPS) is 14.8. The van der Waals surface area contributed by atoms with Gasteiger partial charge in [0.1, 0.15) is 17.7 Å². The second-order valence-corrected chi connectivity index (χ2v) is 11.1. The van der Waals surface area contributed by atoms with Crippen molar-refractivity contribution in [2.45, 2.75) is 71.2 Å². The van der Waals surface area contributed by atoms with E-state index < -0.39 is 36.3 Å². The molecule has 4 rings (SSSR count). The summed E-state index contributed by atoms with van der Waals surface area (Å²) in [6.45, 7) is 8.40. The van der Waals surface area contributed by atoms with Crippen molar-refractivity contribution in [3.63, 3.8) is 0 Å². The Bertz CT molecular complexity index is 1380. The molecule has 1 aliphatic rings. The summed E-state index contributed by atoms with van der Waals surface area (Å²) < 4.78 is 5.31. The minimum absolute atomic E-state index is 0.195. The Labute approximate surface area is 229 Å². The second kappa shape index (κ2) is 11.5. The number of carbonyl (C=O) groups is 3. The highest BCUT2D eigenvalue weighted by atomic mass is 16.6. The van der Waals surface area contributed by atoms with Crippen LogP contribution in [0.5, 0.6) is 0 Å². The lowest BCUT2D eigenvalue weighted by Gasteiger charge is -2.35. The SMILES string of the molecule is Cc1cccc(C(C(=O)Nc2ccc3ccccc3c2)N(C(=O)C(CO)NC(=O)OC(C)(C)C)C2CC2)c1C. The molecule has 206 valence electrons. The van der Waals surface area contributed by atoms with Crippen LogP contribution in [-0.2, 0) is 14.3 Å². The van der Waals surface area contributed by atoms with Gasteiger partial charge in [-0.15, -0.1) is 0 Å². The van der Waals surface area contributed by atoms with Crippen molar-refractivity contribution in [1.82, 2.24) is 10.2 Å². The van der Waals surface area contributed by atoms with Gasteiger partial charge in [-0.05, 0) is 87.1 Å². The number of benzene rings is 3. The molecule has 0 heterocycles. The van der Waals surface area contributed by atoms with Crippen LogP contribution in [0, 0.1) is 13.8 Å². The van der Waals surface area contributed by atoms with E-state index in [1.165, 1.54) is 4.90 Å². The van der Waals surface area contributed by atoms with Crippen LogP contribution in [0.1, 0.15) is 56.3 Å². The monoisotopic (exact) mass is 531 g/mol. The summed E-state index contributed by atoms with van der Waals surface area (Å²) in [4.78, 5) is 41.9. The zero-order chi connectivity index (χ0) is 28.3. The summed E-state index contributed by atoms with van der Waals surface area (Å²) in [6, 6.07) is 16.8. The molecular formula is C31H37N3O5. The summed E-state index contributed by atoms with van der Waals surface area (Å²) in [5.41, 5.74) is 2.43. The van der Waals surface area contributed by atoms with Crippen LogP contribution < -0.4 is 10.6 Å². The van der Waals surface area contributed by atoms with E-state index in [9.17, 15) is 19.5 Å². The van der Waals surface area contributed by atoms with E-state index in [1.807, 2.05) is 74.5 Å². The third-order valence-corrected chi connectivity index (χ3v) is 6.85. The van der Waals surface area contributed by atoms with E-state index in [-0.39, 0.29) is 11.9 Å². The molecule has 0 bridgehead atoms. The number of aliphatic hydroxyl groups excluding tert-OH is 1. The number of alkyl carbamates (subject to hydrolysis) is 1. The van der Waals surface area contributed by atoms with Crippen molar-refractivity contribution in [2.24, 2.45) is 0 Å². The largest absolute Gasteiger partial charge is 0.444 e. The molecule has 0 aliphatic heterocycles. The maximum absolute atomic E-state index is 14.0. The van der Waals surface area contributed by atoms with Crippen LogP contribution in [0.3, 0.4) is 0 Å². The number of rotatable bonds is 8. The Morgan fingerprint density at radius 2 is 1.69 bits per heavy atom. The fourth-order valence-electron chi connectivity index (χ4n) is 4.65. The number of ether oxygens (including phenoxy) is 1. The van der Waals surface area contributed by atoms with Gasteiger partial charge in [-0.25, -0.2) is 4.79 Å². The molecule has 3 amide bonds. The minimum atomic E-state index is -1.26. The first-order chi connectivity index (χ1) is 18.5. The number of hydrogen-bond donors (Lipinski definition) is 3. The zero-order valence-electron chi connectivity index (χ0n) is 23.2. The summed E-state index contributed by atoms with van der Waals surface area (Å²) in [5, 5.41) is 17.6. The first-order valence-electron chi connectivity index (χ1n) is 13.3. The average Bonchev–Trinajstić information content (AvgIpc) is 3.71. The number of nitrogens with zero attached hydrogens (tertiary/aromatic N) is 1. The van der Waals surface area contributed by atoms with E-state index in [4.69, 9.17) is 4.74 Å². The quantitative estimate of drug-likeness (QED) is 0.379. The van der Waals surface area contributed by atoms with Gasteiger partial charge >= 0.3 is 6.09 Å². The van der Waals surface area contributed by atoms with Crippen LogP contribution >= 0.6 is 0 Å². The smallest absolute Gasteiger partial charge is 0.408 e. The van der Waals surface area contributed by atoms with Crippen molar-refractivity contribution in [3.8, 4) is 0 Å². The van der Waals surface area contributed by atoms with Gasteiger partial charge in [0.15, 0.2) is 0 Å². The van der Waals surface area contributed by atoms with Gasteiger partial charge in [0.2, 0.25) is 5.91 Å². The van der Waals surface area contributed by atoms with Gasteiger partial charge in [-0.2, -0.15) is 0 Å². The molecule has 39 heavy (non-hydrogen) atoms. The molecular weight excluding hydrogens is 494 g/mol. The van der Waals surface area contributed by atoms with Crippen LogP contribution in [0.4, 0.5) is 10.5 Å². The van der Waals surface area contributed by atoms with E-state index in [2.05, 4.69) is 10.6 Å². The van der Waals surface area contributed by atoms with Crippen LogP contribution in [-0.4, -0.2) is 52.2 Å². The van der Waals surface area contributed by atoms with E-state index in [1.54, 1.807) is 20.8 Å². The minimum Gasteiger partial charge on any atom is -0.444 e. The van der Waals surface area contributed by atoms with Crippen LogP contribution in [0.2, 0.25) is 0 Å². The average molecular weight is 532 g/mol. The molecule has 8 nitrogen and oxygen atoms in total. The third-order valence-electron chi connectivity index (χ3n) is 6.85. The molecule has 0 aromatic heterocycles. The van der Waals surface area contributed by atoms with Crippen molar-refractivity contribution in [1.29, 1.82) is 0 Å². The van der Waals surface area contributed by atoms with Crippen molar-refractivity contribution in [3.05, 3.63) is 77.4 Å². The van der Waals surface area contributed by atoms with Crippen molar-refractivity contribution >= 4 is 34.4 Å². The molecule has 0 saturated heterocycles. The first kappa shape index (κ1) is 28.1. The highest BCUT2D eigenvalue weighted by Crippen LogP contribution is 2.37. The molecule has 0 radical (unpaired) electrons. The zero-order valence-corrected chi connectivity index (χ0v) is 23.2. The predicted molar refractivity (Wildman–Crippen MR) is 151 cm³/mol. The Balaban J connectivity index is 1.70. The number of fused-ring (bicyclic) bond motifs is 1. The topological polar surface area (TPSA) is 108 Å². The van der Waals surface area contributed by atoms with Gasteiger partial charge < -0.3 is 25.4 Å². The lowest BCUT2D eigenvalue weighted by Crippen LogP contribution is -2.54. The summed E-state index contributed by atoms with van der Waals surface area (Å²) in [6.07, 6.45) is 0.636. The molecule has 3 N–H and O–H groups in total. The van der Waals surface area contributed by atoms with Crippen LogP contribution in [0.25, 0.3) is 10.8 Å². The highest BCUT2D eigenvalue weighted by molar-refractivity contribution is 6.00. The summed E-state index contributed by atoms with van der Waals surface area (Å²) >= 11 is 0. The van der Waals surface area contributed by atoms with Gasteiger partial charge in [0.25, 0.3) is 5.91 Å². The molecule has 2 atom stereocenters. The maximum atomic E-state index is 14.0.